The lowest BCUT2D eigenvalue weighted by Gasteiger charge is -2.24. The first kappa shape index (κ1) is 16.0. The van der Waals surface area contributed by atoms with Crippen LogP contribution in [0.5, 0.6) is 5.75 Å². The lowest BCUT2D eigenvalue weighted by Crippen LogP contribution is -2.36. The second-order valence-corrected chi connectivity index (χ2v) is 5.66. The van der Waals surface area contributed by atoms with Gasteiger partial charge in [-0.3, -0.25) is 9.69 Å². The summed E-state index contributed by atoms with van der Waals surface area (Å²) in [4.78, 5) is 14.4. The maximum absolute atomic E-state index is 12.5. The number of rotatable bonds is 5. The highest BCUT2D eigenvalue weighted by Crippen LogP contribution is 2.19. The summed E-state index contributed by atoms with van der Waals surface area (Å²) in [6.45, 7) is 2.47. The number of likely N-dealkylation sites (N-methyl/N-ethyl adjacent to an activating group) is 1. The molecule has 2 rings (SSSR count). The minimum absolute atomic E-state index is 0.0399. The molecule has 0 bridgehead atoms. The highest BCUT2D eigenvalue weighted by molar-refractivity contribution is 5.83. The molecular weight excluding hydrogens is 276 g/mol. The lowest BCUT2D eigenvalue weighted by atomic mass is 10.0. The fourth-order valence-electron chi connectivity index (χ4n) is 2.33. The zero-order valence-corrected chi connectivity index (χ0v) is 13.2. The molecule has 116 valence electrons. The number of hydrogen-bond acceptors (Lipinski definition) is 3. The third kappa shape index (κ3) is 4.09. The summed E-state index contributed by atoms with van der Waals surface area (Å²) in [5.41, 5.74) is 3.09. The molecule has 2 aromatic rings. The molecule has 0 saturated carbocycles. The van der Waals surface area contributed by atoms with Gasteiger partial charge >= 0.3 is 0 Å². The third-order valence-electron chi connectivity index (χ3n) is 3.56. The molecule has 0 aliphatic rings. The summed E-state index contributed by atoms with van der Waals surface area (Å²) in [7, 11) is 3.79. The second-order valence-electron chi connectivity index (χ2n) is 5.66. The first-order chi connectivity index (χ1) is 10.5. The van der Waals surface area contributed by atoms with Gasteiger partial charge in [-0.2, -0.15) is 0 Å². The highest BCUT2D eigenvalue weighted by atomic mass is 16.3. The van der Waals surface area contributed by atoms with Gasteiger partial charge in [-0.15, -0.1) is 0 Å². The van der Waals surface area contributed by atoms with Crippen LogP contribution in [0.1, 0.15) is 22.7 Å². The normalized spacial score (nSPS) is 12.2. The molecule has 0 aliphatic heterocycles. The molecular formula is C18H22N2O2. The molecule has 0 aromatic heterocycles. The number of amides is 1. The van der Waals surface area contributed by atoms with Gasteiger partial charge in [-0.05, 0) is 44.3 Å². The van der Waals surface area contributed by atoms with Gasteiger partial charge in [0.25, 0.3) is 0 Å². The Morgan fingerprint density at radius 1 is 1.09 bits per heavy atom. The Labute approximate surface area is 131 Å². The molecule has 2 N–H and O–H groups in total. The van der Waals surface area contributed by atoms with Gasteiger partial charge in [-0.1, -0.05) is 42.0 Å². The SMILES string of the molecule is Cc1ccc([C@@H](C(=O)NCc2ccc(O)cc2)N(C)C)cc1. The monoisotopic (exact) mass is 298 g/mol. The van der Waals surface area contributed by atoms with Gasteiger partial charge in [0.05, 0.1) is 0 Å². The van der Waals surface area contributed by atoms with Crippen molar-refractivity contribution in [1.82, 2.24) is 10.2 Å². The van der Waals surface area contributed by atoms with E-state index in [1.165, 1.54) is 5.56 Å². The van der Waals surface area contributed by atoms with Crippen molar-refractivity contribution in [2.75, 3.05) is 14.1 Å². The van der Waals surface area contributed by atoms with Gasteiger partial charge in [0.1, 0.15) is 11.8 Å². The molecule has 2 aromatic carbocycles. The number of nitrogens with zero attached hydrogens (tertiary/aromatic N) is 1. The minimum Gasteiger partial charge on any atom is -0.508 e. The predicted molar refractivity (Wildman–Crippen MR) is 87.6 cm³/mol. The van der Waals surface area contributed by atoms with Crippen LogP contribution >= 0.6 is 0 Å². The first-order valence-corrected chi connectivity index (χ1v) is 7.26. The Hall–Kier alpha value is -2.33. The van der Waals surface area contributed by atoms with Crippen LogP contribution in [0.4, 0.5) is 0 Å². The van der Waals surface area contributed by atoms with Crippen LogP contribution in [0, 0.1) is 6.92 Å². The Bertz CT molecular complexity index is 619. The molecule has 4 heteroatoms. The van der Waals surface area contributed by atoms with E-state index in [9.17, 15) is 9.90 Å². The largest absolute Gasteiger partial charge is 0.508 e. The molecule has 0 fully saturated rings. The van der Waals surface area contributed by atoms with E-state index in [1.807, 2.05) is 50.2 Å². The Morgan fingerprint density at radius 2 is 1.68 bits per heavy atom. The van der Waals surface area contributed by atoms with E-state index in [2.05, 4.69) is 5.32 Å². The molecule has 0 aliphatic carbocycles. The number of aromatic hydroxyl groups is 1. The minimum atomic E-state index is -0.322. The van der Waals surface area contributed by atoms with Crippen LogP contribution in [0.2, 0.25) is 0 Å². The summed E-state index contributed by atoms with van der Waals surface area (Å²) in [5.74, 6) is 0.183. The lowest BCUT2D eigenvalue weighted by molar-refractivity contribution is -0.125. The Kier molecular flexibility index (Phi) is 5.17. The summed E-state index contributed by atoms with van der Waals surface area (Å²) < 4.78 is 0. The molecule has 0 saturated heterocycles. The van der Waals surface area contributed by atoms with Crippen molar-refractivity contribution in [1.29, 1.82) is 0 Å². The zero-order chi connectivity index (χ0) is 16.1. The summed E-state index contributed by atoms with van der Waals surface area (Å²) in [6, 6.07) is 14.5. The van der Waals surface area contributed by atoms with Crippen molar-refractivity contribution in [2.24, 2.45) is 0 Å². The Balaban J connectivity index is 2.06. The Morgan fingerprint density at radius 3 is 2.23 bits per heavy atom. The van der Waals surface area contributed by atoms with Crippen LogP contribution in [-0.2, 0) is 11.3 Å². The molecule has 0 unspecified atom stereocenters. The smallest absolute Gasteiger partial charge is 0.242 e. The van der Waals surface area contributed by atoms with E-state index in [1.54, 1.807) is 24.3 Å². The molecule has 0 spiro atoms. The molecule has 0 heterocycles. The van der Waals surface area contributed by atoms with Crippen molar-refractivity contribution < 1.29 is 9.90 Å². The van der Waals surface area contributed by atoms with Crippen molar-refractivity contribution in [3.05, 3.63) is 65.2 Å². The first-order valence-electron chi connectivity index (χ1n) is 7.26. The molecule has 0 radical (unpaired) electrons. The van der Waals surface area contributed by atoms with E-state index in [4.69, 9.17) is 0 Å². The van der Waals surface area contributed by atoms with Crippen LogP contribution in [0.25, 0.3) is 0 Å². The number of phenolic OH excluding ortho intramolecular Hbond substituents is 1. The van der Waals surface area contributed by atoms with Crippen molar-refractivity contribution in [3.8, 4) is 5.75 Å². The maximum Gasteiger partial charge on any atom is 0.242 e. The van der Waals surface area contributed by atoms with Gasteiger partial charge in [-0.25, -0.2) is 0 Å². The zero-order valence-electron chi connectivity index (χ0n) is 13.2. The van der Waals surface area contributed by atoms with E-state index in [0.29, 0.717) is 6.54 Å². The molecule has 22 heavy (non-hydrogen) atoms. The standard InChI is InChI=1S/C18H22N2O2/c1-13-4-8-15(9-5-13)17(20(2)3)18(22)19-12-14-6-10-16(21)11-7-14/h4-11,17,21H,12H2,1-3H3,(H,19,22)/t17-/m0/s1. The molecule has 1 amide bonds. The fourth-order valence-corrected chi connectivity index (χ4v) is 2.33. The van der Waals surface area contributed by atoms with Crippen molar-refractivity contribution >= 4 is 5.91 Å². The van der Waals surface area contributed by atoms with Crippen molar-refractivity contribution in [2.45, 2.75) is 19.5 Å². The van der Waals surface area contributed by atoms with E-state index in [-0.39, 0.29) is 17.7 Å². The molecule has 4 nitrogen and oxygen atoms in total. The number of aryl methyl sites for hydroxylation is 1. The van der Waals surface area contributed by atoms with Crippen LogP contribution in [-0.4, -0.2) is 30.0 Å². The second kappa shape index (κ2) is 7.09. The van der Waals surface area contributed by atoms with E-state index in [0.717, 1.165) is 11.1 Å². The van der Waals surface area contributed by atoms with Crippen molar-refractivity contribution in [3.63, 3.8) is 0 Å². The highest BCUT2D eigenvalue weighted by Gasteiger charge is 2.22. The number of nitrogens with one attached hydrogen (secondary N) is 1. The summed E-state index contributed by atoms with van der Waals surface area (Å²) in [6.07, 6.45) is 0. The summed E-state index contributed by atoms with van der Waals surface area (Å²) >= 11 is 0. The van der Waals surface area contributed by atoms with Crippen LogP contribution < -0.4 is 5.32 Å². The third-order valence-corrected chi connectivity index (χ3v) is 3.56. The number of hydrogen-bond donors (Lipinski definition) is 2. The number of carbonyl (C=O) groups excluding carboxylic acids is 1. The number of carbonyl (C=O) groups is 1. The van der Waals surface area contributed by atoms with Gasteiger partial charge in [0.2, 0.25) is 5.91 Å². The quantitative estimate of drug-likeness (QED) is 0.892. The van der Waals surface area contributed by atoms with E-state index >= 15 is 0 Å². The summed E-state index contributed by atoms with van der Waals surface area (Å²) in [5, 5.41) is 12.2. The van der Waals surface area contributed by atoms with Gasteiger partial charge in [0, 0.05) is 6.54 Å². The van der Waals surface area contributed by atoms with Gasteiger partial charge in [0.15, 0.2) is 0 Å². The van der Waals surface area contributed by atoms with E-state index < -0.39 is 0 Å². The van der Waals surface area contributed by atoms with Gasteiger partial charge < -0.3 is 10.4 Å². The van der Waals surface area contributed by atoms with Crippen LogP contribution in [0.3, 0.4) is 0 Å². The average molecular weight is 298 g/mol. The predicted octanol–water partition coefficient (Wildman–Crippen LogP) is 2.62. The average Bonchev–Trinajstić information content (AvgIpc) is 2.48. The topological polar surface area (TPSA) is 52.6 Å². The maximum atomic E-state index is 12.5. The van der Waals surface area contributed by atoms with Crippen LogP contribution in [0.15, 0.2) is 48.5 Å². The molecule has 1 atom stereocenters. The fraction of sp³-hybridized carbons (Fsp3) is 0.278. The number of phenols is 1. The number of benzene rings is 2.